The van der Waals surface area contributed by atoms with Gasteiger partial charge in [0.25, 0.3) is 0 Å². The Labute approximate surface area is 162 Å². The number of hydrogen-bond acceptors (Lipinski definition) is 3. The van der Waals surface area contributed by atoms with Crippen LogP contribution in [0.1, 0.15) is 37.3 Å². The van der Waals surface area contributed by atoms with E-state index in [-0.39, 0.29) is 11.8 Å². The van der Waals surface area contributed by atoms with E-state index in [9.17, 15) is 13.2 Å². The average Bonchev–Trinajstić information content (AvgIpc) is 2.64. The zero-order valence-electron chi connectivity index (χ0n) is 16.3. The molecule has 0 bridgehead atoms. The molecule has 5 nitrogen and oxygen atoms in total. The summed E-state index contributed by atoms with van der Waals surface area (Å²) < 4.78 is 26.1. The minimum atomic E-state index is -3.61. The molecule has 0 saturated carbocycles. The smallest absolute Gasteiger partial charge is 0.243 e. The number of hydrogen-bond donors (Lipinski definition) is 1. The fourth-order valence-corrected chi connectivity index (χ4v) is 4.23. The molecule has 0 unspecified atom stereocenters. The van der Waals surface area contributed by atoms with Gasteiger partial charge in [-0.3, -0.25) is 9.10 Å². The maximum atomic E-state index is 12.8. The van der Waals surface area contributed by atoms with Crippen molar-refractivity contribution >= 4 is 21.6 Å². The number of sulfonamides is 1. The molecule has 0 spiro atoms. The van der Waals surface area contributed by atoms with Crippen molar-refractivity contribution in [2.45, 2.75) is 39.2 Å². The van der Waals surface area contributed by atoms with Gasteiger partial charge in [-0.05, 0) is 37.0 Å². The van der Waals surface area contributed by atoms with Crippen molar-refractivity contribution in [3.63, 3.8) is 0 Å². The van der Waals surface area contributed by atoms with Gasteiger partial charge in [0.1, 0.15) is 6.04 Å². The number of nitrogens with one attached hydrogen (secondary N) is 1. The van der Waals surface area contributed by atoms with Crippen LogP contribution >= 0.6 is 0 Å². The van der Waals surface area contributed by atoms with Crippen molar-refractivity contribution in [1.29, 1.82) is 0 Å². The molecule has 1 amide bonds. The summed E-state index contributed by atoms with van der Waals surface area (Å²) >= 11 is 0. The number of benzene rings is 2. The van der Waals surface area contributed by atoms with Crippen molar-refractivity contribution in [2.75, 3.05) is 17.1 Å². The third-order valence-corrected chi connectivity index (χ3v) is 5.75. The van der Waals surface area contributed by atoms with Gasteiger partial charge in [0.15, 0.2) is 0 Å². The van der Waals surface area contributed by atoms with E-state index in [4.69, 9.17) is 0 Å². The van der Waals surface area contributed by atoms with Gasteiger partial charge in [-0.1, -0.05) is 61.9 Å². The van der Waals surface area contributed by atoms with Gasteiger partial charge in [-0.25, -0.2) is 8.42 Å². The second-order valence-electron chi connectivity index (χ2n) is 6.88. The van der Waals surface area contributed by atoms with E-state index in [0.717, 1.165) is 17.4 Å². The van der Waals surface area contributed by atoms with Crippen LogP contribution in [0.5, 0.6) is 0 Å². The summed E-state index contributed by atoms with van der Waals surface area (Å²) in [7, 11) is -3.61. The number of anilines is 1. The van der Waals surface area contributed by atoms with Crippen LogP contribution in [0.2, 0.25) is 0 Å². The van der Waals surface area contributed by atoms with Crippen molar-refractivity contribution < 1.29 is 13.2 Å². The Morgan fingerprint density at radius 1 is 1.07 bits per heavy atom. The molecule has 2 rings (SSSR count). The van der Waals surface area contributed by atoms with Gasteiger partial charge in [-0.15, -0.1) is 0 Å². The summed E-state index contributed by atoms with van der Waals surface area (Å²) in [5.74, 6) is -0.148. The zero-order valence-corrected chi connectivity index (χ0v) is 17.2. The Hall–Kier alpha value is -2.34. The highest BCUT2D eigenvalue weighted by atomic mass is 32.2. The molecule has 27 heavy (non-hydrogen) atoms. The van der Waals surface area contributed by atoms with Gasteiger partial charge >= 0.3 is 0 Å². The third-order valence-electron chi connectivity index (χ3n) is 4.57. The third kappa shape index (κ3) is 5.57. The fourth-order valence-electron chi connectivity index (χ4n) is 3.02. The molecule has 6 heteroatoms. The second kappa shape index (κ2) is 9.04. The summed E-state index contributed by atoms with van der Waals surface area (Å²) in [6.07, 6.45) is 1.52. The lowest BCUT2D eigenvalue weighted by molar-refractivity contribution is -0.122. The first-order chi connectivity index (χ1) is 12.7. The number of nitrogens with zero attached hydrogens (tertiary/aromatic N) is 1. The highest BCUT2D eigenvalue weighted by Crippen LogP contribution is 2.23. The Balaban J connectivity index is 2.18. The first kappa shape index (κ1) is 21.0. The van der Waals surface area contributed by atoms with Gasteiger partial charge in [0.2, 0.25) is 15.9 Å². The SMILES string of the molecule is CC[C@@H](C(=O)NC[C@@H](C)c1ccccc1)N(c1ccc(C)cc1)S(C)(=O)=O. The van der Waals surface area contributed by atoms with Gasteiger partial charge in [-0.2, -0.15) is 0 Å². The molecule has 146 valence electrons. The molecule has 0 radical (unpaired) electrons. The predicted octanol–water partition coefficient (Wildman–Crippen LogP) is 3.46. The van der Waals surface area contributed by atoms with E-state index in [0.29, 0.717) is 18.7 Å². The van der Waals surface area contributed by atoms with Crippen LogP contribution in [0.4, 0.5) is 5.69 Å². The highest BCUT2D eigenvalue weighted by molar-refractivity contribution is 7.92. The maximum Gasteiger partial charge on any atom is 0.243 e. The molecule has 2 aromatic rings. The molecule has 0 fully saturated rings. The monoisotopic (exact) mass is 388 g/mol. The fraction of sp³-hybridized carbons (Fsp3) is 0.381. The minimum Gasteiger partial charge on any atom is -0.354 e. The molecule has 0 saturated heterocycles. The normalized spacial score (nSPS) is 13.6. The Bertz CT molecular complexity index is 849. The molecule has 0 heterocycles. The van der Waals surface area contributed by atoms with Crippen molar-refractivity contribution in [2.24, 2.45) is 0 Å². The molecule has 0 aliphatic carbocycles. The van der Waals surface area contributed by atoms with Gasteiger partial charge < -0.3 is 5.32 Å². The largest absolute Gasteiger partial charge is 0.354 e. The molecule has 0 aromatic heterocycles. The second-order valence-corrected chi connectivity index (χ2v) is 8.73. The summed E-state index contributed by atoms with van der Waals surface area (Å²) in [6, 6.07) is 16.3. The van der Waals surface area contributed by atoms with Crippen LogP contribution < -0.4 is 9.62 Å². The van der Waals surface area contributed by atoms with E-state index in [1.54, 1.807) is 12.1 Å². The Morgan fingerprint density at radius 3 is 2.19 bits per heavy atom. The summed E-state index contributed by atoms with van der Waals surface area (Å²) in [5, 5.41) is 2.92. The highest BCUT2D eigenvalue weighted by Gasteiger charge is 2.31. The van der Waals surface area contributed by atoms with Crippen LogP contribution in [0.25, 0.3) is 0 Å². The number of aryl methyl sites for hydroxylation is 1. The van der Waals surface area contributed by atoms with E-state index < -0.39 is 16.1 Å². The van der Waals surface area contributed by atoms with Gasteiger partial charge in [0, 0.05) is 6.54 Å². The van der Waals surface area contributed by atoms with Crippen LogP contribution in [0, 0.1) is 6.92 Å². The molecule has 0 aliphatic heterocycles. The molecular weight excluding hydrogens is 360 g/mol. The van der Waals surface area contributed by atoms with E-state index in [2.05, 4.69) is 5.32 Å². The molecule has 2 atom stereocenters. The van der Waals surface area contributed by atoms with Crippen LogP contribution in [0.15, 0.2) is 54.6 Å². The first-order valence-corrected chi connectivity index (χ1v) is 11.0. The lowest BCUT2D eigenvalue weighted by atomic mass is 10.0. The minimum absolute atomic E-state index is 0.138. The van der Waals surface area contributed by atoms with Crippen LogP contribution in [-0.2, 0) is 14.8 Å². The Morgan fingerprint density at radius 2 is 1.67 bits per heavy atom. The van der Waals surface area contributed by atoms with Crippen molar-refractivity contribution in [3.05, 3.63) is 65.7 Å². The standard InChI is InChI=1S/C21H28N2O3S/c1-5-20(21(24)22-15-17(3)18-9-7-6-8-10-18)23(27(4,25)26)19-13-11-16(2)12-14-19/h6-14,17,20H,5,15H2,1-4H3,(H,22,24)/t17-,20+/m1/s1. The number of rotatable bonds is 8. The molecule has 0 aliphatic rings. The number of carbonyl (C=O) groups is 1. The number of carbonyl (C=O) groups excluding carboxylic acids is 1. The van der Waals surface area contributed by atoms with Crippen molar-refractivity contribution in [3.8, 4) is 0 Å². The average molecular weight is 389 g/mol. The summed E-state index contributed by atoms with van der Waals surface area (Å²) in [6.45, 7) is 6.23. The summed E-state index contributed by atoms with van der Waals surface area (Å²) in [4.78, 5) is 12.8. The Kier molecular flexibility index (Phi) is 7.02. The maximum absolute atomic E-state index is 12.8. The van der Waals surface area contributed by atoms with E-state index >= 15 is 0 Å². The van der Waals surface area contributed by atoms with Crippen LogP contribution in [-0.4, -0.2) is 33.2 Å². The molecule has 1 N–H and O–H groups in total. The zero-order chi connectivity index (χ0) is 20.0. The van der Waals surface area contributed by atoms with E-state index in [1.165, 1.54) is 4.31 Å². The molecular formula is C21H28N2O3S. The van der Waals surface area contributed by atoms with Gasteiger partial charge in [0.05, 0.1) is 11.9 Å². The molecule has 2 aromatic carbocycles. The van der Waals surface area contributed by atoms with E-state index in [1.807, 2.05) is 63.2 Å². The lowest BCUT2D eigenvalue weighted by Gasteiger charge is -2.30. The first-order valence-electron chi connectivity index (χ1n) is 9.12. The number of amides is 1. The topological polar surface area (TPSA) is 66.5 Å². The lowest BCUT2D eigenvalue weighted by Crippen LogP contribution is -2.49. The quantitative estimate of drug-likeness (QED) is 0.753. The van der Waals surface area contributed by atoms with Crippen LogP contribution in [0.3, 0.4) is 0 Å². The summed E-state index contributed by atoms with van der Waals surface area (Å²) in [5.41, 5.74) is 2.66. The van der Waals surface area contributed by atoms with Crippen molar-refractivity contribution in [1.82, 2.24) is 5.32 Å². The predicted molar refractivity (Wildman–Crippen MR) is 110 cm³/mol.